The van der Waals surface area contributed by atoms with Gasteiger partial charge in [-0.1, -0.05) is 6.07 Å². The second-order valence-corrected chi connectivity index (χ2v) is 7.99. The number of hydrogen-bond donors (Lipinski definition) is 0. The van der Waals surface area contributed by atoms with E-state index >= 15 is 0 Å². The lowest BCUT2D eigenvalue weighted by atomic mass is 9.84. The summed E-state index contributed by atoms with van der Waals surface area (Å²) < 4.78 is 12.3. The van der Waals surface area contributed by atoms with Crippen LogP contribution in [0.1, 0.15) is 28.8 Å². The van der Waals surface area contributed by atoms with Gasteiger partial charge in [-0.05, 0) is 42.0 Å². The monoisotopic (exact) mass is 344 g/mol. The zero-order valence-electron chi connectivity index (χ0n) is 14.1. The Bertz CT molecular complexity index is 667. The lowest BCUT2D eigenvalue weighted by Gasteiger charge is -2.53. The maximum Gasteiger partial charge on any atom is 0.0959 e. The third-order valence-corrected chi connectivity index (χ3v) is 6.02. The number of aromatic nitrogens is 1. The molecule has 0 aliphatic carbocycles. The molecule has 1 atom stereocenters. The summed E-state index contributed by atoms with van der Waals surface area (Å²) in [5.41, 5.74) is 2.56. The van der Waals surface area contributed by atoms with Crippen LogP contribution >= 0.6 is 11.3 Å². The van der Waals surface area contributed by atoms with Gasteiger partial charge < -0.3 is 9.47 Å². The Morgan fingerprint density at radius 2 is 2.33 bits per heavy atom. The summed E-state index contributed by atoms with van der Waals surface area (Å²) in [4.78, 5) is 8.11. The van der Waals surface area contributed by atoms with E-state index in [1.54, 1.807) is 6.20 Å². The average molecular weight is 344 g/mol. The van der Waals surface area contributed by atoms with Crippen molar-refractivity contribution in [3.8, 4) is 0 Å². The number of aryl methyl sites for hydroxylation is 1. The maximum absolute atomic E-state index is 6.13. The first-order valence-corrected chi connectivity index (χ1v) is 9.50. The molecule has 2 aliphatic heterocycles. The van der Waals surface area contributed by atoms with Gasteiger partial charge in [-0.2, -0.15) is 0 Å². The molecule has 2 aromatic rings. The lowest BCUT2D eigenvalue weighted by molar-refractivity contribution is -0.200. The number of likely N-dealkylation sites (tertiary alicyclic amines) is 1. The summed E-state index contributed by atoms with van der Waals surface area (Å²) in [7, 11) is 0. The van der Waals surface area contributed by atoms with Crippen LogP contribution in [0.3, 0.4) is 0 Å². The van der Waals surface area contributed by atoms with Crippen molar-refractivity contribution in [2.75, 3.05) is 19.7 Å². The van der Waals surface area contributed by atoms with E-state index in [4.69, 9.17) is 9.47 Å². The predicted molar refractivity (Wildman–Crippen MR) is 95.1 cm³/mol. The van der Waals surface area contributed by atoms with Gasteiger partial charge in [-0.3, -0.25) is 9.88 Å². The zero-order chi connectivity index (χ0) is 16.4. The van der Waals surface area contributed by atoms with Crippen molar-refractivity contribution in [1.82, 2.24) is 9.88 Å². The Morgan fingerprint density at radius 1 is 1.42 bits per heavy atom. The number of pyridine rings is 1. The van der Waals surface area contributed by atoms with Crippen molar-refractivity contribution >= 4 is 11.3 Å². The lowest BCUT2D eigenvalue weighted by Crippen LogP contribution is -2.65. The molecule has 0 N–H and O–H groups in total. The molecule has 0 bridgehead atoms. The predicted octanol–water partition coefficient (Wildman–Crippen LogP) is 3.40. The fourth-order valence-electron chi connectivity index (χ4n) is 3.69. The topological polar surface area (TPSA) is 34.6 Å². The molecule has 128 valence electrons. The minimum Gasteiger partial charge on any atom is -0.373 e. The normalized spacial score (nSPS) is 23.3. The van der Waals surface area contributed by atoms with Gasteiger partial charge in [0.25, 0.3) is 0 Å². The Labute approximate surface area is 147 Å². The minimum absolute atomic E-state index is 0.0169. The molecular formula is C19H24N2O2S. The molecule has 0 aromatic carbocycles. The van der Waals surface area contributed by atoms with E-state index in [2.05, 4.69) is 34.3 Å². The van der Waals surface area contributed by atoms with Crippen LogP contribution in [0, 0.1) is 6.92 Å². The third-order valence-electron chi connectivity index (χ3n) is 5.02. The van der Waals surface area contributed by atoms with Crippen LogP contribution in [-0.2, 0) is 22.6 Å². The van der Waals surface area contributed by atoms with E-state index in [9.17, 15) is 0 Å². The van der Waals surface area contributed by atoms with Crippen molar-refractivity contribution < 1.29 is 9.47 Å². The Morgan fingerprint density at radius 3 is 3.08 bits per heavy atom. The SMILES string of the molecule is Cc1ccsc1CN1CC2(C[C@@H](OCc3cccnc3)CCO2)C1. The molecule has 0 radical (unpaired) electrons. The van der Waals surface area contributed by atoms with Crippen LogP contribution in [-0.4, -0.2) is 41.3 Å². The summed E-state index contributed by atoms with van der Waals surface area (Å²) in [6.45, 7) is 6.75. The van der Waals surface area contributed by atoms with Gasteiger partial charge in [0.15, 0.2) is 0 Å². The zero-order valence-corrected chi connectivity index (χ0v) is 14.9. The third kappa shape index (κ3) is 3.54. The van der Waals surface area contributed by atoms with Gasteiger partial charge >= 0.3 is 0 Å². The standard InChI is InChI=1S/C19H24N2O2S/c1-15-5-8-24-18(15)11-21-13-19(14-21)9-17(4-7-23-19)22-12-16-3-2-6-20-10-16/h2-3,5-6,8,10,17H,4,7,9,11-14H2,1H3/t17-/m0/s1. The number of hydrogen-bond acceptors (Lipinski definition) is 5. The Hall–Kier alpha value is -1.27. The van der Waals surface area contributed by atoms with Crippen LogP contribution in [0.15, 0.2) is 36.0 Å². The maximum atomic E-state index is 6.13. The molecule has 24 heavy (non-hydrogen) atoms. The van der Waals surface area contributed by atoms with Crippen molar-refractivity contribution in [3.63, 3.8) is 0 Å². The van der Waals surface area contributed by atoms with E-state index in [1.807, 2.05) is 23.6 Å². The van der Waals surface area contributed by atoms with Crippen molar-refractivity contribution in [3.05, 3.63) is 52.0 Å². The first kappa shape index (κ1) is 16.2. The highest BCUT2D eigenvalue weighted by atomic mass is 32.1. The molecule has 2 saturated heterocycles. The van der Waals surface area contributed by atoms with E-state index in [0.717, 1.165) is 44.6 Å². The second kappa shape index (κ2) is 6.92. The summed E-state index contributed by atoms with van der Waals surface area (Å²) in [5.74, 6) is 0. The molecular weight excluding hydrogens is 320 g/mol. The Balaban J connectivity index is 1.27. The van der Waals surface area contributed by atoms with Crippen LogP contribution in [0.2, 0.25) is 0 Å². The van der Waals surface area contributed by atoms with Gasteiger partial charge in [0.1, 0.15) is 0 Å². The number of rotatable bonds is 5. The molecule has 0 unspecified atom stereocenters. The van der Waals surface area contributed by atoms with Crippen molar-refractivity contribution in [2.24, 2.45) is 0 Å². The van der Waals surface area contributed by atoms with Gasteiger partial charge in [0.05, 0.1) is 18.3 Å². The second-order valence-electron chi connectivity index (χ2n) is 6.99. The largest absolute Gasteiger partial charge is 0.373 e. The molecule has 0 saturated carbocycles. The number of ether oxygens (including phenoxy) is 2. The first-order chi connectivity index (χ1) is 11.7. The molecule has 4 rings (SSSR count). The van der Waals surface area contributed by atoms with Crippen molar-refractivity contribution in [1.29, 1.82) is 0 Å². The molecule has 2 aromatic heterocycles. The van der Waals surface area contributed by atoms with E-state index in [0.29, 0.717) is 12.7 Å². The van der Waals surface area contributed by atoms with Crippen LogP contribution in [0.5, 0.6) is 0 Å². The molecule has 2 aliphatic rings. The van der Waals surface area contributed by atoms with Gasteiger partial charge in [0.2, 0.25) is 0 Å². The van der Waals surface area contributed by atoms with Crippen molar-refractivity contribution in [2.45, 2.75) is 44.6 Å². The molecule has 4 heterocycles. The van der Waals surface area contributed by atoms with Crippen LogP contribution in [0.25, 0.3) is 0 Å². The van der Waals surface area contributed by atoms with Gasteiger partial charge in [-0.15, -0.1) is 11.3 Å². The molecule has 1 spiro atoms. The quantitative estimate of drug-likeness (QED) is 0.833. The smallest absolute Gasteiger partial charge is 0.0959 e. The Kier molecular flexibility index (Phi) is 4.68. The summed E-state index contributed by atoms with van der Waals surface area (Å²) in [5, 5.41) is 2.18. The minimum atomic E-state index is 0.0169. The van der Waals surface area contributed by atoms with Crippen LogP contribution in [0.4, 0.5) is 0 Å². The highest BCUT2D eigenvalue weighted by molar-refractivity contribution is 7.10. The van der Waals surface area contributed by atoms with Gasteiger partial charge in [0, 0.05) is 49.9 Å². The number of nitrogens with zero attached hydrogens (tertiary/aromatic N) is 2. The average Bonchev–Trinajstić information content (AvgIpc) is 2.98. The highest BCUT2D eigenvalue weighted by Crippen LogP contribution is 2.37. The summed E-state index contributed by atoms with van der Waals surface area (Å²) >= 11 is 1.86. The fraction of sp³-hybridized carbons (Fsp3) is 0.526. The molecule has 2 fully saturated rings. The first-order valence-electron chi connectivity index (χ1n) is 8.62. The number of thiophene rings is 1. The molecule has 4 nitrogen and oxygen atoms in total. The fourth-order valence-corrected chi connectivity index (χ4v) is 4.64. The van der Waals surface area contributed by atoms with Gasteiger partial charge in [-0.25, -0.2) is 0 Å². The summed E-state index contributed by atoms with van der Waals surface area (Å²) in [6.07, 6.45) is 5.97. The van der Waals surface area contributed by atoms with E-state index in [1.165, 1.54) is 10.4 Å². The summed E-state index contributed by atoms with van der Waals surface area (Å²) in [6, 6.07) is 6.23. The van der Waals surface area contributed by atoms with E-state index < -0.39 is 0 Å². The molecule has 5 heteroatoms. The molecule has 0 amide bonds. The van der Waals surface area contributed by atoms with E-state index in [-0.39, 0.29) is 5.60 Å². The highest BCUT2D eigenvalue weighted by Gasteiger charge is 2.47. The van der Waals surface area contributed by atoms with Crippen LogP contribution < -0.4 is 0 Å².